The van der Waals surface area contributed by atoms with Crippen LogP contribution in [0.3, 0.4) is 0 Å². The van der Waals surface area contributed by atoms with Crippen molar-refractivity contribution in [2.75, 3.05) is 32.6 Å². The van der Waals surface area contributed by atoms with Gasteiger partial charge in [0.25, 0.3) is 0 Å². The molecule has 0 fully saturated rings. The second-order valence-corrected chi connectivity index (χ2v) is 4.88. The van der Waals surface area contributed by atoms with Gasteiger partial charge in [-0.25, -0.2) is 0 Å². The number of methoxy groups -OCH3 is 1. The first-order valence-electron chi connectivity index (χ1n) is 6.88. The van der Waals surface area contributed by atoms with Crippen molar-refractivity contribution in [1.29, 1.82) is 0 Å². The molecule has 0 aliphatic rings. The number of nitrogens with zero attached hydrogens (tertiary/aromatic N) is 1. The smallest absolute Gasteiger partial charge is 0.118 e. The molecule has 1 N–H and O–H groups in total. The lowest BCUT2D eigenvalue weighted by molar-refractivity contribution is 0.339. The average molecular weight is 270 g/mol. The van der Waals surface area contributed by atoms with E-state index in [-0.39, 0.29) is 0 Å². The molecule has 0 atom stereocenters. The van der Waals surface area contributed by atoms with Gasteiger partial charge in [0, 0.05) is 25.3 Å². The molecule has 0 aliphatic carbocycles. The molecule has 20 heavy (non-hydrogen) atoms. The van der Waals surface area contributed by atoms with Gasteiger partial charge < -0.3 is 15.0 Å². The van der Waals surface area contributed by atoms with Crippen LogP contribution < -0.4 is 10.1 Å². The molecule has 0 bridgehead atoms. The van der Waals surface area contributed by atoms with Crippen molar-refractivity contribution in [3.05, 3.63) is 60.2 Å². The largest absolute Gasteiger partial charge is 0.497 e. The third-order valence-corrected chi connectivity index (χ3v) is 3.21. The zero-order valence-corrected chi connectivity index (χ0v) is 12.2. The van der Waals surface area contributed by atoms with Crippen molar-refractivity contribution in [2.45, 2.75) is 6.54 Å². The van der Waals surface area contributed by atoms with Crippen molar-refractivity contribution in [2.24, 2.45) is 0 Å². The van der Waals surface area contributed by atoms with E-state index in [1.165, 1.54) is 11.3 Å². The lowest BCUT2D eigenvalue weighted by Crippen LogP contribution is -2.24. The molecule has 0 radical (unpaired) electrons. The van der Waals surface area contributed by atoms with E-state index in [4.69, 9.17) is 4.74 Å². The second kappa shape index (κ2) is 7.56. The molecule has 0 spiro atoms. The molecule has 0 saturated carbocycles. The first-order chi connectivity index (χ1) is 9.78. The van der Waals surface area contributed by atoms with E-state index in [0.29, 0.717) is 0 Å². The predicted octanol–water partition coefficient (Wildman–Crippen LogP) is 3.24. The highest BCUT2D eigenvalue weighted by Crippen LogP contribution is 2.12. The SMILES string of the molecule is COc1ccc(CN(C)CCNc2ccccc2)cc1. The van der Waals surface area contributed by atoms with Crippen LogP contribution in [0.25, 0.3) is 0 Å². The second-order valence-electron chi connectivity index (χ2n) is 4.88. The zero-order valence-electron chi connectivity index (χ0n) is 12.2. The molecule has 0 saturated heterocycles. The van der Waals surface area contributed by atoms with Crippen LogP contribution in [-0.4, -0.2) is 32.1 Å². The molecule has 3 nitrogen and oxygen atoms in total. The number of likely N-dealkylation sites (N-methyl/N-ethyl adjacent to an activating group) is 1. The third-order valence-electron chi connectivity index (χ3n) is 3.21. The normalized spacial score (nSPS) is 10.6. The minimum Gasteiger partial charge on any atom is -0.497 e. The highest BCUT2D eigenvalue weighted by molar-refractivity contribution is 5.42. The molecule has 2 aromatic rings. The van der Waals surface area contributed by atoms with E-state index in [9.17, 15) is 0 Å². The van der Waals surface area contributed by atoms with Crippen molar-refractivity contribution < 1.29 is 4.74 Å². The number of nitrogens with one attached hydrogen (secondary N) is 1. The van der Waals surface area contributed by atoms with Crippen LogP contribution in [0.4, 0.5) is 5.69 Å². The molecule has 0 amide bonds. The Morgan fingerprint density at radius 3 is 2.35 bits per heavy atom. The monoisotopic (exact) mass is 270 g/mol. The Hall–Kier alpha value is -2.00. The van der Waals surface area contributed by atoms with Gasteiger partial charge in [0.1, 0.15) is 5.75 Å². The number of rotatable bonds is 7. The standard InChI is InChI=1S/C17H22N2O/c1-19(13-12-18-16-6-4-3-5-7-16)14-15-8-10-17(20-2)11-9-15/h3-11,18H,12-14H2,1-2H3. The summed E-state index contributed by atoms with van der Waals surface area (Å²) in [6, 6.07) is 18.5. The lowest BCUT2D eigenvalue weighted by Gasteiger charge is -2.17. The number of para-hydroxylation sites is 1. The summed E-state index contributed by atoms with van der Waals surface area (Å²) in [6.45, 7) is 2.89. The van der Waals surface area contributed by atoms with Gasteiger partial charge in [-0.15, -0.1) is 0 Å². The Kier molecular flexibility index (Phi) is 5.44. The molecule has 2 rings (SSSR count). The summed E-state index contributed by atoms with van der Waals surface area (Å²) in [7, 11) is 3.83. The van der Waals surface area contributed by atoms with E-state index < -0.39 is 0 Å². The number of ether oxygens (including phenoxy) is 1. The van der Waals surface area contributed by atoms with Crippen LogP contribution in [0.1, 0.15) is 5.56 Å². The third kappa shape index (κ3) is 4.59. The fourth-order valence-electron chi connectivity index (χ4n) is 2.07. The zero-order chi connectivity index (χ0) is 14.2. The number of benzene rings is 2. The van der Waals surface area contributed by atoms with Gasteiger partial charge in [-0.2, -0.15) is 0 Å². The van der Waals surface area contributed by atoms with Gasteiger partial charge in [-0.05, 0) is 36.9 Å². The van der Waals surface area contributed by atoms with Crippen LogP contribution in [0, 0.1) is 0 Å². The maximum atomic E-state index is 5.16. The van der Waals surface area contributed by atoms with Gasteiger partial charge in [0.15, 0.2) is 0 Å². The van der Waals surface area contributed by atoms with Gasteiger partial charge >= 0.3 is 0 Å². The summed E-state index contributed by atoms with van der Waals surface area (Å²) >= 11 is 0. The summed E-state index contributed by atoms with van der Waals surface area (Å²) in [4.78, 5) is 2.30. The Morgan fingerprint density at radius 2 is 1.70 bits per heavy atom. The van der Waals surface area contributed by atoms with Crippen molar-refractivity contribution in [1.82, 2.24) is 4.90 Å². The van der Waals surface area contributed by atoms with Crippen LogP contribution in [-0.2, 0) is 6.54 Å². The van der Waals surface area contributed by atoms with Crippen molar-refractivity contribution >= 4 is 5.69 Å². The van der Waals surface area contributed by atoms with E-state index >= 15 is 0 Å². The summed E-state index contributed by atoms with van der Waals surface area (Å²) in [5, 5.41) is 3.42. The maximum Gasteiger partial charge on any atom is 0.118 e. The number of hydrogen-bond acceptors (Lipinski definition) is 3. The molecular formula is C17H22N2O. The Labute approximate surface area is 121 Å². The summed E-state index contributed by atoms with van der Waals surface area (Å²) in [5.41, 5.74) is 2.47. The van der Waals surface area contributed by atoms with Crippen LogP contribution in [0.15, 0.2) is 54.6 Å². The summed E-state index contributed by atoms with van der Waals surface area (Å²) in [5.74, 6) is 0.905. The number of hydrogen-bond donors (Lipinski definition) is 1. The minimum atomic E-state index is 0.905. The molecular weight excluding hydrogens is 248 g/mol. The van der Waals surface area contributed by atoms with Crippen LogP contribution in [0.2, 0.25) is 0 Å². The Balaban J connectivity index is 1.73. The minimum absolute atomic E-state index is 0.905. The Bertz CT molecular complexity index is 496. The highest BCUT2D eigenvalue weighted by atomic mass is 16.5. The first-order valence-corrected chi connectivity index (χ1v) is 6.88. The molecule has 0 aromatic heterocycles. The van der Waals surface area contributed by atoms with Crippen molar-refractivity contribution in [3.63, 3.8) is 0 Å². The van der Waals surface area contributed by atoms with E-state index in [1.807, 2.05) is 30.3 Å². The molecule has 0 aliphatic heterocycles. The molecule has 0 heterocycles. The number of anilines is 1. The van der Waals surface area contributed by atoms with Gasteiger partial charge in [0.2, 0.25) is 0 Å². The van der Waals surface area contributed by atoms with Gasteiger partial charge in [0.05, 0.1) is 7.11 Å². The topological polar surface area (TPSA) is 24.5 Å². The van der Waals surface area contributed by atoms with Crippen LogP contribution >= 0.6 is 0 Å². The quantitative estimate of drug-likeness (QED) is 0.836. The molecule has 106 valence electrons. The highest BCUT2D eigenvalue weighted by Gasteiger charge is 2.00. The molecule has 3 heteroatoms. The summed E-state index contributed by atoms with van der Waals surface area (Å²) in [6.07, 6.45) is 0. The lowest BCUT2D eigenvalue weighted by atomic mass is 10.2. The average Bonchev–Trinajstić information content (AvgIpc) is 2.49. The predicted molar refractivity (Wildman–Crippen MR) is 84.3 cm³/mol. The molecule has 2 aromatic carbocycles. The van der Waals surface area contributed by atoms with Crippen LogP contribution in [0.5, 0.6) is 5.75 Å². The Morgan fingerprint density at radius 1 is 1.00 bits per heavy atom. The van der Waals surface area contributed by atoms with E-state index in [0.717, 1.165) is 25.4 Å². The summed E-state index contributed by atoms with van der Waals surface area (Å²) < 4.78 is 5.16. The first kappa shape index (κ1) is 14.4. The maximum absolute atomic E-state index is 5.16. The van der Waals surface area contributed by atoms with Gasteiger partial charge in [-0.3, -0.25) is 0 Å². The fourth-order valence-corrected chi connectivity index (χ4v) is 2.07. The molecule has 0 unspecified atom stereocenters. The van der Waals surface area contributed by atoms with E-state index in [2.05, 4.69) is 41.5 Å². The van der Waals surface area contributed by atoms with Gasteiger partial charge in [-0.1, -0.05) is 30.3 Å². The van der Waals surface area contributed by atoms with Crippen molar-refractivity contribution in [3.8, 4) is 5.75 Å². The van der Waals surface area contributed by atoms with E-state index in [1.54, 1.807) is 7.11 Å². The fraction of sp³-hybridized carbons (Fsp3) is 0.294.